The molecule has 0 aliphatic rings. The number of nitrogens with two attached hydrogens (primary N) is 1. The first-order chi connectivity index (χ1) is 8.69. The average Bonchev–Trinajstić information content (AvgIpc) is 2.39. The van der Waals surface area contributed by atoms with Gasteiger partial charge in [0, 0.05) is 12.2 Å². The summed E-state index contributed by atoms with van der Waals surface area (Å²) in [6.07, 6.45) is 0. The predicted octanol–water partition coefficient (Wildman–Crippen LogP) is 2.89. The number of anilines is 2. The Hall–Kier alpha value is -2.54. The Morgan fingerprint density at radius 1 is 1.17 bits per heavy atom. The van der Waals surface area contributed by atoms with Gasteiger partial charge in [-0.1, -0.05) is 12.1 Å². The molecule has 2 aromatic carbocycles. The van der Waals surface area contributed by atoms with Gasteiger partial charge in [0.25, 0.3) is 0 Å². The van der Waals surface area contributed by atoms with Crippen molar-refractivity contribution in [2.75, 3.05) is 11.1 Å². The van der Waals surface area contributed by atoms with Crippen LogP contribution in [0.15, 0.2) is 42.5 Å². The average molecular weight is 241 g/mol. The predicted molar refractivity (Wildman–Crippen MR) is 69.3 cm³/mol. The van der Waals surface area contributed by atoms with Gasteiger partial charge in [0.1, 0.15) is 11.9 Å². The van der Waals surface area contributed by atoms with Crippen molar-refractivity contribution in [3.05, 3.63) is 59.4 Å². The molecule has 0 saturated heterocycles. The number of hydrogen-bond donors (Lipinski definition) is 2. The summed E-state index contributed by atoms with van der Waals surface area (Å²) >= 11 is 0. The highest BCUT2D eigenvalue weighted by Gasteiger charge is 2.02. The third kappa shape index (κ3) is 2.77. The summed E-state index contributed by atoms with van der Waals surface area (Å²) in [5.41, 5.74) is 8.32. The van der Waals surface area contributed by atoms with Gasteiger partial charge in [-0.3, -0.25) is 0 Å². The fourth-order valence-corrected chi connectivity index (χ4v) is 1.61. The van der Waals surface area contributed by atoms with E-state index in [1.165, 1.54) is 12.1 Å². The smallest absolute Gasteiger partial charge is 0.123 e. The van der Waals surface area contributed by atoms with Gasteiger partial charge >= 0.3 is 0 Å². The van der Waals surface area contributed by atoms with Gasteiger partial charge in [0.05, 0.1) is 11.3 Å². The lowest BCUT2D eigenvalue weighted by molar-refractivity contribution is 0.627. The lowest BCUT2D eigenvalue weighted by Crippen LogP contribution is -2.01. The minimum atomic E-state index is -0.260. The maximum atomic E-state index is 12.7. The number of nitrogen functional groups attached to an aromatic ring is 1. The normalized spacial score (nSPS) is 9.78. The van der Waals surface area contributed by atoms with E-state index in [0.29, 0.717) is 17.8 Å². The fourth-order valence-electron chi connectivity index (χ4n) is 1.61. The van der Waals surface area contributed by atoms with E-state index in [9.17, 15) is 4.39 Å². The van der Waals surface area contributed by atoms with E-state index in [-0.39, 0.29) is 5.82 Å². The van der Waals surface area contributed by atoms with Crippen LogP contribution in [-0.4, -0.2) is 0 Å². The molecule has 2 aromatic rings. The monoisotopic (exact) mass is 241 g/mol. The highest BCUT2D eigenvalue weighted by Crippen LogP contribution is 2.18. The molecular weight excluding hydrogens is 229 g/mol. The molecule has 0 bridgehead atoms. The molecule has 18 heavy (non-hydrogen) atoms. The lowest BCUT2D eigenvalue weighted by atomic mass is 10.1. The van der Waals surface area contributed by atoms with E-state index in [4.69, 9.17) is 11.0 Å². The summed E-state index contributed by atoms with van der Waals surface area (Å²) in [7, 11) is 0. The second-order valence-corrected chi connectivity index (χ2v) is 3.90. The molecule has 0 atom stereocenters. The third-order valence-corrected chi connectivity index (χ3v) is 2.56. The van der Waals surface area contributed by atoms with Crippen LogP contribution in [0, 0.1) is 17.1 Å². The Balaban J connectivity index is 2.11. The summed E-state index contributed by atoms with van der Waals surface area (Å²) in [6.45, 7) is 0.527. The van der Waals surface area contributed by atoms with Crippen molar-refractivity contribution in [1.82, 2.24) is 0 Å². The fraction of sp³-hybridized carbons (Fsp3) is 0.0714. The van der Waals surface area contributed by atoms with Crippen molar-refractivity contribution in [2.24, 2.45) is 0 Å². The molecule has 0 spiro atoms. The van der Waals surface area contributed by atoms with Crippen LogP contribution in [-0.2, 0) is 6.54 Å². The number of nitriles is 1. The Bertz CT molecular complexity index is 585. The molecule has 0 aliphatic carbocycles. The first-order valence-corrected chi connectivity index (χ1v) is 5.47. The van der Waals surface area contributed by atoms with Gasteiger partial charge < -0.3 is 11.1 Å². The standard InChI is InChI=1S/C14H12FN3/c15-12-3-1-10(2-4-12)9-18-14-6-5-13(17)7-11(14)8-16/h1-7,18H,9,17H2. The number of hydrogen-bond acceptors (Lipinski definition) is 3. The molecule has 3 N–H and O–H groups in total. The summed E-state index contributed by atoms with van der Waals surface area (Å²) < 4.78 is 12.7. The minimum absolute atomic E-state index is 0.260. The van der Waals surface area contributed by atoms with E-state index < -0.39 is 0 Å². The van der Waals surface area contributed by atoms with Gasteiger partial charge in [-0.2, -0.15) is 5.26 Å². The molecule has 0 unspecified atom stereocenters. The van der Waals surface area contributed by atoms with Crippen LogP contribution in [0.4, 0.5) is 15.8 Å². The quantitative estimate of drug-likeness (QED) is 0.812. The zero-order valence-corrected chi connectivity index (χ0v) is 9.65. The van der Waals surface area contributed by atoms with Crippen LogP contribution < -0.4 is 11.1 Å². The largest absolute Gasteiger partial charge is 0.399 e. The molecule has 4 heteroatoms. The van der Waals surface area contributed by atoms with Gasteiger partial charge in [-0.15, -0.1) is 0 Å². The van der Waals surface area contributed by atoms with Crippen molar-refractivity contribution >= 4 is 11.4 Å². The Morgan fingerprint density at radius 3 is 2.56 bits per heavy atom. The Morgan fingerprint density at radius 2 is 1.89 bits per heavy atom. The van der Waals surface area contributed by atoms with Crippen molar-refractivity contribution in [1.29, 1.82) is 5.26 Å². The number of nitrogens with one attached hydrogen (secondary N) is 1. The van der Waals surface area contributed by atoms with Crippen LogP contribution in [0.3, 0.4) is 0 Å². The number of halogens is 1. The van der Waals surface area contributed by atoms with Gasteiger partial charge in [-0.05, 0) is 35.9 Å². The van der Waals surface area contributed by atoms with Crippen molar-refractivity contribution < 1.29 is 4.39 Å². The number of nitrogens with zero attached hydrogens (tertiary/aromatic N) is 1. The van der Waals surface area contributed by atoms with Crippen LogP contribution in [0.25, 0.3) is 0 Å². The van der Waals surface area contributed by atoms with Gasteiger partial charge in [0.15, 0.2) is 0 Å². The molecule has 0 saturated carbocycles. The van der Waals surface area contributed by atoms with Crippen molar-refractivity contribution in [3.8, 4) is 6.07 Å². The van der Waals surface area contributed by atoms with Crippen LogP contribution in [0.1, 0.15) is 11.1 Å². The summed E-state index contributed by atoms with van der Waals surface area (Å²) in [6, 6.07) is 13.4. The zero-order chi connectivity index (χ0) is 13.0. The molecule has 0 aromatic heterocycles. The van der Waals surface area contributed by atoms with E-state index >= 15 is 0 Å². The molecule has 0 heterocycles. The number of benzene rings is 2. The molecule has 90 valence electrons. The molecule has 0 radical (unpaired) electrons. The summed E-state index contributed by atoms with van der Waals surface area (Å²) in [5, 5.41) is 12.1. The maximum absolute atomic E-state index is 12.7. The van der Waals surface area contributed by atoms with Crippen LogP contribution in [0.5, 0.6) is 0 Å². The summed E-state index contributed by atoms with van der Waals surface area (Å²) in [5.74, 6) is -0.260. The van der Waals surface area contributed by atoms with E-state index in [1.54, 1.807) is 30.3 Å². The Labute approximate surface area is 105 Å². The van der Waals surface area contributed by atoms with Gasteiger partial charge in [-0.25, -0.2) is 4.39 Å². The highest BCUT2D eigenvalue weighted by atomic mass is 19.1. The van der Waals surface area contributed by atoms with Crippen LogP contribution >= 0.6 is 0 Å². The summed E-state index contributed by atoms with van der Waals surface area (Å²) in [4.78, 5) is 0. The van der Waals surface area contributed by atoms with E-state index in [0.717, 1.165) is 11.3 Å². The molecule has 3 nitrogen and oxygen atoms in total. The molecule has 0 amide bonds. The molecule has 0 fully saturated rings. The van der Waals surface area contributed by atoms with E-state index in [1.807, 2.05) is 0 Å². The number of rotatable bonds is 3. The molecule has 0 aliphatic heterocycles. The first-order valence-electron chi connectivity index (χ1n) is 5.47. The second kappa shape index (κ2) is 5.19. The minimum Gasteiger partial charge on any atom is -0.399 e. The Kier molecular flexibility index (Phi) is 3.44. The van der Waals surface area contributed by atoms with Crippen LogP contribution in [0.2, 0.25) is 0 Å². The SMILES string of the molecule is N#Cc1cc(N)ccc1NCc1ccc(F)cc1. The maximum Gasteiger partial charge on any atom is 0.123 e. The first kappa shape index (κ1) is 11.9. The van der Waals surface area contributed by atoms with Gasteiger partial charge in [0.2, 0.25) is 0 Å². The van der Waals surface area contributed by atoms with Crippen molar-refractivity contribution in [3.63, 3.8) is 0 Å². The van der Waals surface area contributed by atoms with E-state index in [2.05, 4.69) is 11.4 Å². The molecule has 2 rings (SSSR count). The lowest BCUT2D eigenvalue weighted by Gasteiger charge is -2.08. The second-order valence-electron chi connectivity index (χ2n) is 3.90. The zero-order valence-electron chi connectivity index (χ0n) is 9.65. The highest BCUT2D eigenvalue weighted by molar-refractivity contribution is 5.63. The molecular formula is C14H12FN3. The third-order valence-electron chi connectivity index (χ3n) is 2.56. The van der Waals surface area contributed by atoms with Crippen molar-refractivity contribution in [2.45, 2.75) is 6.54 Å². The topological polar surface area (TPSA) is 61.8 Å².